The van der Waals surface area contributed by atoms with E-state index in [9.17, 15) is 9.59 Å². The number of hydrogen-bond donors (Lipinski definition) is 0. The Morgan fingerprint density at radius 2 is 1.83 bits per heavy atom. The van der Waals surface area contributed by atoms with Gasteiger partial charge in [0.25, 0.3) is 11.8 Å². The fourth-order valence-electron chi connectivity index (χ4n) is 5.50. The number of ether oxygens (including phenoxy) is 1. The van der Waals surface area contributed by atoms with Gasteiger partial charge in [-0.3, -0.25) is 9.59 Å². The van der Waals surface area contributed by atoms with Crippen LogP contribution in [-0.4, -0.2) is 60.1 Å². The number of amides is 2. The van der Waals surface area contributed by atoms with Crippen LogP contribution in [-0.2, 0) is 10.2 Å². The molecule has 1 atom stereocenters. The highest BCUT2D eigenvalue weighted by Gasteiger charge is 2.49. The van der Waals surface area contributed by atoms with Gasteiger partial charge in [-0.2, -0.15) is 0 Å². The highest BCUT2D eigenvalue weighted by molar-refractivity contribution is 5.92. The van der Waals surface area contributed by atoms with E-state index in [0.717, 1.165) is 45.2 Å². The number of rotatable bonds is 3. The number of aromatic nitrogens is 1. The summed E-state index contributed by atoms with van der Waals surface area (Å²) in [5, 5.41) is 3.73. The van der Waals surface area contributed by atoms with Crippen LogP contribution in [0.2, 0.25) is 0 Å². The third kappa shape index (κ3) is 3.07. The summed E-state index contributed by atoms with van der Waals surface area (Å²) in [5.41, 5.74) is 2.46. The molecule has 2 aliphatic heterocycles. The average molecular weight is 409 g/mol. The molecule has 158 valence electrons. The van der Waals surface area contributed by atoms with Crippen molar-refractivity contribution < 1.29 is 18.8 Å². The lowest BCUT2D eigenvalue weighted by atomic mass is 9.73. The predicted octanol–water partition coefficient (Wildman–Crippen LogP) is 2.97. The maximum Gasteiger partial charge on any atom is 0.292 e. The van der Waals surface area contributed by atoms with E-state index < -0.39 is 0 Å². The third-order valence-corrected chi connectivity index (χ3v) is 7.13. The van der Waals surface area contributed by atoms with Gasteiger partial charge in [0.1, 0.15) is 0 Å². The van der Waals surface area contributed by atoms with Crippen LogP contribution in [0.1, 0.15) is 59.7 Å². The summed E-state index contributed by atoms with van der Waals surface area (Å²) < 4.78 is 10.1. The maximum absolute atomic E-state index is 13.3. The molecular weight excluding hydrogens is 382 g/mol. The Labute approximate surface area is 176 Å². The highest BCUT2D eigenvalue weighted by atomic mass is 16.5. The van der Waals surface area contributed by atoms with Crippen LogP contribution >= 0.6 is 0 Å². The van der Waals surface area contributed by atoms with Crippen molar-refractivity contribution in [1.29, 1.82) is 0 Å². The van der Waals surface area contributed by atoms with Crippen molar-refractivity contribution in [2.45, 2.75) is 43.4 Å². The average Bonchev–Trinajstić information content (AvgIpc) is 3.54. The van der Waals surface area contributed by atoms with Gasteiger partial charge in [-0.15, -0.1) is 0 Å². The number of nitrogens with zero attached hydrogens (tertiary/aromatic N) is 3. The number of carbonyl (C=O) groups is 2. The molecule has 30 heavy (non-hydrogen) atoms. The van der Waals surface area contributed by atoms with Gasteiger partial charge in [0.15, 0.2) is 0 Å². The van der Waals surface area contributed by atoms with Crippen LogP contribution < -0.4 is 4.74 Å². The number of methoxy groups -OCH3 is 1. The minimum Gasteiger partial charge on any atom is -0.479 e. The molecule has 5 rings (SSSR count). The molecule has 3 aliphatic rings. The quantitative estimate of drug-likeness (QED) is 0.779. The zero-order chi connectivity index (χ0) is 20.7. The minimum atomic E-state index is -0.156. The summed E-state index contributed by atoms with van der Waals surface area (Å²) in [4.78, 5) is 29.9. The number of fused-ring (bicyclic) bond motifs is 2. The van der Waals surface area contributed by atoms with Crippen molar-refractivity contribution in [3.05, 3.63) is 47.2 Å². The molecular formula is C23H27N3O4. The Balaban J connectivity index is 1.34. The summed E-state index contributed by atoms with van der Waals surface area (Å²) in [6.07, 6.45) is 4.76. The van der Waals surface area contributed by atoms with E-state index in [1.807, 2.05) is 15.9 Å². The number of benzene rings is 1. The van der Waals surface area contributed by atoms with Gasteiger partial charge in [0.2, 0.25) is 11.7 Å². The zero-order valence-electron chi connectivity index (χ0n) is 17.3. The Hall–Kier alpha value is -2.83. The number of likely N-dealkylation sites (tertiary alicyclic amines) is 2. The fraction of sp³-hybridized carbons (Fsp3) is 0.522. The molecule has 2 aromatic rings. The van der Waals surface area contributed by atoms with Gasteiger partial charge in [-0.25, -0.2) is 0 Å². The number of carbonyl (C=O) groups excluding carboxylic acids is 2. The van der Waals surface area contributed by atoms with Crippen molar-refractivity contribution in [3.8, 4) is 5.88 Å². The summed E-state index contributed by atoms with van der Waals surface area (Å²) >= 11 is 0. The molecule has 2 saturated heterocycles. The van der Waals surface area contributed by atoms with Gasteiger partial charge >= 0.3 is 0 Å². The highest BCUT2D eigenvalue weighted by Crippen LogP contribution is 2.52. The third-order valence-electron chi connectivity index (χ3n) is 7.13. The van der Waals surface area contributed by atoms with Crippen LogP contribution in [0.4, 0.5) is 0 Å². The number of hydrogen-bond acceptors (Lipinski definition) is 5. The first kappa shape index (κ1) is 19.2. The topological polar surface area (TPSA) is 75.9 Å². The molecule has 7 nitrogen and oxygen atoms in total. The molecule has 1 aromatic heterocycles. The lowest BCUT2D eigenvalue weighted by molar-refractivity contribution is -0.132. The van der Waals surface area contributed by atoms with Gasteiger partial charge in [0, 0.05) is 31.6 Å². The molecule has 1 aliphatic carbocycles. The van der Waals surface area contributed by atoms with Crippen LogP contribution in [0.5, 0.6) is 5.88 Å². The molecule has 3 heterocycles. The molecule has 0 bridgehead atoms. The standard InChI is InChI=1S/C23H27N3O4/c1-29-20-14-19(30-24-20)22(28)26-12-8-23(9-13-26)15-17(16-6-2-3-7-18(16)23)21(27)25-10-4-5-11-25/h2-3,6-7,14,17H,4-5,8-13,15H2,1H3. The van der Waals surface area contributed by atoms with Gasteiger partial charge in [-0.05, 0) is 48.4 Å². The van der Waals surface area contributed by atoms with E-state index in [0.29, 0.717) is 19.0 Å². The Kier molecular flexibility index (Phi) is 4.76. The summed E-state index contributed by atoms with van der Waals surface area (Å²) in [6.45, 7) is 3.04. The second-order valence-electron chi connectivity index (χ2n) is 8.68. The van der Waals surface area contributed by atoms with E-state index in [1.165, 1.54) is 24.3 Å². The van der Waals surface area contributed by atoms with Crippen molar-refractivity contribution >= 4 is 11.8 Å². The van der Waals surface area contributed by atoms with E-state index in [1.54, 1.807) is 0 Å². The molecule has 2 fully saturated rings. The predicted molar refractivity (Wildman–Crippen MR) is 109 cm³/mol. The second-order valence-corrected chi connectivity index (χ2v) is 8.68. The monoisotopic (exact) mass is 409 g/mol. The Morgan fingerprint density at radius 3 is 2.53 bits per heavy atom. The van der Waals surface area contributed by atoms with Gasteiger partial charge < -0.3 is 19.1 Å². The largest absolute Gasteiger partial charge is 0.479 e. The van der Waals surface area contributed by atoms with Gasteiger partial charge in [-0.1, -0.05) is 24.3 Å². The smallest absolute Gasteiger partial charge is 0.292 e. The zero-order valence-corrected chi connectivity index (χ0v) is 17.3. The maximum atomic E-state index is 13.3. The van der Waals surface area contributed by atoms with Crippen molar-refractivity contribution in [2.24, 2.45) is 0 Å². The molecule has 0 N–H and O–H groups in total. The summed E-state index contributed by atoms with van der Waals surface area (Å²) in [6, 6.07) is 9.95. The SMILES string of the molecule is COc1cc(C(=O)N2CCC3(CC2)CC(C(=O)N2CCCC2)c2ccccc23)on1. The van der Waals surface area contributed by atoms with E-state index >= 15 is 0 Å². The molecule has 1 unspecified atom stereocenters. The van der Waals surface area contributed by atoms with Gasteiger partial charge in [0.05, 0.1) is 19.1 Å². The van der Waals surface area contributed by atoms with E-state index in [-0.39, 0.29) is 28.9 Å². The van der Waals surface area contributed by atoms with Crippen molar-refractivity contribution in [3.63, 3.8) is 0 Å². The second kappa shape index (κ2) is 7.45. The van der Waals surface area contributed by atoms with Crippen LogP contribution in [0, 0.1) is 0 Å². The summed E-state index contributed by atoms with van der Waals surface area (Å²) in [7, 11) is 1.49. The van der Waals surface area contributed by atoms with E-state index in [4.69, 9.17) is 9.26 Å². The molecule has 1 aromatic carbocycles. The minimum absolute atomic E-state index is 0.0352. The lowest BCUT2D eigenvalue weighted by Crippen LogP contribution is -2.44. The van der Waals surface area contributed by atoms with E-state index in [2.05, 4.69) is 23.4 Å². The number of piperidine rings is 1. The van der Waals surface area contributed by atoms with Crippen molar-refractivity contribution in [1.82, 2.24) is 15.0 Å². The normalized spacial score (nSPS) is 22.4. The molecule has 0 saturated carbocycles. The molecule has 2 amide bonds. The van der Waals surface area contributed by atoms with Crippen LogP contribution in [0.15, 0.2) is 34.9 Å². The summed E-state index contributed by atoms with van der Waals surface area (Å²) in [5.74, 6) is 0.581. The lowest BCUT2D eigenvalue weighted by Gasteiger charge is -2.40. The van der Waals surface area contributed by atoms with Crippen molar-refractivity contribution in [2.75, 3.05) is 33.3 Å². The molecule has 7 heteroatoms. The van der Waals surface area contributed by atoms with Crippen LogP contribution in [0.3, 0.4) is 0 Å². The van der Waals surface area contributed by atoms with Crippen LogP contribution in [0.25, 0.3) is 0 Å². The Bertz CT molecular complexity index is 955. The Morgan fingerprint density at radius 1 is 1.10 bits per heavy atom. The first-order chi connectivity index (χ1) is 14.6. The molecule has 0 radical (unpaired) electrons. The fourth-order valence-corrected chi connectivity index (χ4v) is 5.50. The molecule has 1 spiro atoms. The first-order valence-corrected chi connectivity index (χ1v) is 10.8. The first-order valence-electron chi connectivity index (χ1n) is 10.8.